The number of likely N-dealkylation sites (tertiary alicyclic amines) is 1. The lowest BCUT2D eigenvalue weighted by Gasteiger charge is -2.29. The summed E-state index contributed by atoms with van der Waals surface area (Å²) >= 11 is 0. The normalized spacial score (nSPS) is 24.0. The molecule has 1 fully saturated rings. The fourth-order valence-electron chi connectivity index (χ4n) is 4.00. The van der Waals surface area contributed by atoms with Gasteiger partial charge in [-0.15, -0.1) is 0 Å². The van der Waals surface area contributed by atoms with Crippen LogP contribution in [0.5, 0.6) is 0 Å². The molecular weight excluding hydrogens is 316 g/mol. The second-order valence-electron chi connectivity index (χ2n) is 7.23. The molecule has 25 heavy (non-hydrogen) atoms. The van der Waals surface area contributed by atoms with Crippen molar-refractivity contribution in [3.63, 3.8) is 0 Å². The third-order valence-corrected chi connectivity index (χ3v) is 5.44. The molecule has 0 spiro atoms. The van der Waals surface area contributed by atoms with Crippen molar-refractivity contribution in [3.05, 3.63) is 23.9 Å². The first-order valence-corrected chi connectivity index (χ1v) is 9.63. The summed E-state index contributed by atoms with van der Waals surface area (Å²) < 4.78 is 5.09. The lowest BCUT2D eigenvalue weighted by atomic mass is 10.0. The van der Waals surface area contributed by atoms with Crippen LogP contribution in [-0.2, 0) is 11.3 Å². The van der Waals surface area contributed by atoms with E-state index in [1.54, 1.807) is 0 Å². The van der Waals surface area contributed by atoms with Crippen molar-refractivity contribution >= 4 is 5.91 Å². The molecular formula is C19H30N4O2. The van der Waals surface area contributed by atoms with Gasteiger partial charge in [0.15, 0.2) is 5.82 Å². The van der Waals surface area contributed by atoms with Crippen LogP contribution in [-0.4, -0.2) is 51.5 Å². The number of carbonyl (C=O) groups is 1. The first-order chi connectivity index (χ1) is 12.2. The lowest BCUT2D eigenvalue weighted by Crippen LogP contribution is -2.37. The Balaban J connectivity index is 1.52. The van der Waals surface area contributed by atoms with Gasteiger partial charge in [-0.05, 0) is 44.6 Å². The minimum atomic E-state index is 0.328. The van der Waals surface area contributed by atoms with Gasteiger partial charge in [0.25, 0.3) is 0 Å². The predicted octanol–water partition coefficient (Wildman–Crippen LogP) is 2.94. The molecule has 2 atom stereocenters. The van der Waals surface area contributed by atoms with Gasteiger partial charge in [0.05, 0.1) is 6.54 Å². The molecule has 1 amide bonds. The van der Waals surface area contributed by atoms with Crippen molar-refractivity contribution in [2.75, 3.05) is 19.6 Å². The Kier molecular flexibility index (Phi) is 6.24. The summed E-state index contributed by atoms with van der Waals surface area (Å²) in [5.74, 6) is 2.16. The average molecular weight is 346 g/mol. The van der Waals surface area contributed by atoms with Crippen molar-refractivity contribution in [3.8, 4) is 0 Å². The number of aromatic nitrogens is 2. The van der Waals surface area contributed by atoms with Crippen molar-refractivity contribution in [1.82, 2.24) is 19.9 Å². The highest BCUT2D eigenvalue weighted by atomic mass is 16.5. The standard InChI is InChI=1S/C19H30N4O2/c1-3-22(14-18-20-15(2)25-21-18)17-9-6-11-23(12-10-17)19(24)13-16-7-4-5-8-16/h4,7,16-17H,3,5-6,8-14H2,1-2H3/t16-,17-/m0/s1. The first kappa shape index (κ1) is 18.1. The van der Waals surface area contributed by atoms with Crippen LogP contribution in [0.1, 0.15) is 57.2 Å². The van der Waals surface area contributed by atoms with Crippen LogP contribution in [0, 0.1) is 12.8 Å². The molecule has 3 rings (SSSR count). The van der Waals surface area contributed by atoms with Crippen molar-refractivity contribution < 1.29 is 9.32 Å². The largest absolute Gasteiger partial charge is 0.343 e. The van der Waals surface area contributed by atoms with Gasteiger partial charge >= 0.3 is 0 Å². The maximum absolute atomic E-state index is 12.6. The molecule has 0 N–H and O–H groups in total. The number of aryl methyl sites for hydroxylation is 1. The molecule has 1 aromatic rings. The molecule has 1 aliphatic carbocycles. The van der Waals surface area contributed by atoms with Crippen LogP contribution in [0.25, 0.3) is 0 Å². The summed E-state index contributed by atoms with van der Waals surface area (Å²) in [5.41, 5.74) is 0. The minimum absolute atomic E-state index is 0.328. The lowest BCUT2D eigenvalue weighted by molar-refractivity contribution is -0.131. The number of carbonyl (C=O) groups excluding carboxylic acids is 1. The van der Waals surface area contributed by atoms with Crippen molar-refractivity contribution in [2.24, 2.45) is 5.92 Å². The first-order valence-electron chi connectivity index (χ1n) is 9.63. The Morgan fingerprint density at radius 1 is 1.36 bits per heavy atom. The topological polar surface area (TPSA) is 62.5 Å². The van der Waals surface area contributed by atoms with Gasteiger partial charge in [-0.2, -0.15) is 4.98 Å². The summed E-state index contributed by atoms with van der Waals surface area (Å²) in [6.45, 7) is 7.43. The van der Waals surface area contributed by atoms with E-state index in [-0.39, 0.29) is 0 Å². The highest BCUT2D eigenvalue weighted by Crippen LogP contribution is 2.23. The maximum Gasteiger partial charge on any atom is 0.223 e. The molecule has 0 saturated carbocycles. The van der Waals surface area contributed by atoms with Crippen LogP contribution in [0.15, 0.2) is 16.7 Å². The summed E-state index contributed by atoms with van der Waals surface area (Å²) in [7, 11) is 0. The molecule has 1 aromatic heterocycles. The molecule has 6 heteroatoms. The molecule has 2 heterocycles. The highest BCUT2D eigenvalue weighted by Gasteiger charge is 2.26. The number of nitrogens with zero attached hydrogens (tertiary/aromatic N) is 4. The zero-order valence-electron chi connectivity index (χ0n) is 15.5. The quantitative estimate of drug-likeness (QED) is 0.741. The SMILES string of the molecule is CCN(Cc1noc(C)n1)[C@H]1CCCN(C(=O)C[C@H]2C=CCC2)CC1. The van der Waals surface area contributed by atoms with Gasteiger partial charge in [0, 0.05) is 32.5 Å². The fraction of sp³-hybridized carbons (Fsp3) is 0.737. The summed E-state index contributed by atoms with van der Waals surface area (Å²) in [4.78, 5) is 21.4. The van der Waals surface area contributed by atoms with E-state index in [0.717, 1.165) is 64.1 Å². The molecule has 0 radical (unpaired) electrons. The summed E-state index contributed by atoms with van der Waals surface area (Å²) in [6.07, 6.45) is 10.6. The van der Waals surface area contributed by atoms with E-state index in [2.05, 4.69) is 39.0 Å². The number of allylic oxidation sites excluding steroid dienone is 2. The van der Waals surface area contributed by atoms with E-state index in [1.807, 2.05) is 6.92 Å². The van der Waals surface area contributed by atoms with Crippen LogP contribution >= 0.6 is 0 Å². The molecule has 0 aromatic carbocycles. The van der Waals surface area contributed by atoms with E-state index < -0.39 is 0 Å². The average Bonchev–Trinajstić information content (AvgIpc) is 3.18. The zero-order valence-corrected chi connectivity index (χ0v) is 15.5. The minimum Gasteiger partial charge on any atom is -0.343 e. The van der Waals surface area contributed by atoms with Crippen LogP contribution in [0.2, 0.25) is 0 Å². The zero-order chi connectivity index (χ0) is 17.6. The van der Waals surface area contributed by atoms with E-state index in [4.69, 9.17) is 4.52 Å². The molecule has 138 valence electrons. The summed E-state index contributed by atoms with van der Waals surface area (Å²) in [6, 6.07) is 0.480. The second-order valence-corrected chi connectivity index (χ2v) is 7.23. The van der Waals surface area contributed by atoms with E-state index in [1.165, 1.54) is 0 Å². The van der Waals surface area contributed by atoms with Crippen molar-refractivity contribution in [2.45, 2.75) is 65.0 Å². The van der Waals surface area contributed by atoms with Crippen LogP contribution < -0.4 is 0 Å². The Morgan fingerprint density at radius 3 is 2.92 bits per heavy atom. The Bertz CT molecular complexity index is 598. The molecule has 6 nitrogen and oxygen atoms in total. The van der Waals surface area contributed by atoms with Gasteiger partial charge in [-0.3, -0.25) is 9.69 Å². The van der Waals surface area contributed by atoms with Gasteiger partial charge in [0.1, 0.15) is 0 Å². The molecule has 0 bridgehead atoms. The Hall–Kier alpha value is -1.69. The van der Waals surface area contributed by atoms with Gasteiger partial charge in [-0.25, -0.2) is 0 Å². The van der Waals surface area contributed by atoms with E-state index in [0.29, 0.717) is 30.2 Å². The number of hydrogen-bond donors (Lipinski definition) is 0. The highest BCUT2D eigenvalue weighted by molar-refractivity contribution is 5.76. The van der Waals surface area contributed by atoms with Gasteiger partial charge < -0.3 is 9.42 Å². The van der Waals surface area contributed by atoms with E-state index >= 15 is 0 Å². The number of hydrogen-bond acceptors (Lipinski definition) is 5. The van der Waals surface area contributed by atoms with Gasteiger partial charge in [0.2, 0.25) is 11.8 Å². The third-order valence-electron chi connectivity index (χ3n) is 5.44. The fourth-order valence-corrected chi connectivity index (χ4v) is 4.00. The molecule has 1 aliphatic heterocycles. The Labute approximate surface area is 150 Å². The number of rotatable bonds is 6. The van der Waals surface area contributed by atoms with Crippen LogP contribution in [0.3, 0.4) is 0 Å². The molecule has 2 aliphatic rings. The molecule has 1 saturated heterocycles. The van der Waals surface area contributed by atoms with Crippen molar-refractivity contribution in [1.29, 1.82) is 0 Å². The second kappa shape index (κ2) is 8.61. The van der Waals surface area contributed by atoms with Gasteiger partial charge in [-0.1, -0.05) is 24.2 Å². The maximum atomic E-state index is 12.6. The Morgan fingerprint density at radius 2 is 2.24 bits per heavy atom. The predicted molar refractivity (Wildman–Crippen MR) is 95.8 cm³/mol. The van der Waals surface area contributed by atoms with E-state index in [9.17, 15) is 4.79 Å². The third kappa shape index (κ3) is 4.91. The monoisotopic (exact) mass is 346 g/mol. The molecule has 0 unspecified atom stereocenters. The smallest absolute Gasteiger partial charge is 0.223 e. The summed E-state index contributed by atoms with van der Waals surface area (Å²) in [5, 5.41) is 4.02. The number of amides is 1. The van der Waals surface area contributed by atoms with Crippen LogP contribution in [0.4, 0.5) is 0 Å².